The molecule has 0 aromatic heterocycles. The van der Waals surface area contributed by atoms with E-state index in [2.05, 4.69) is 70.2 Å². The fourth-order valence-corrected chi connectivity index (χ4v) is 3.94. The summed E-state index contributed by atoms with van der Waals surface area (Å²) >= 11 is 0. The maximum atomic E-state index is 12.5. The molecule has 2 aliphatic rings. The summed E-state index contributed by atoms with van der Waals surface area (Å²) in [4.78, 5) is 36.9. The van der Waals surface area contributed by atoms with Gasteiger partial charge in [-0.25, -0.2) is 9.78 Å². The smallest absolute Gasteiger partial charge is 0.335 e. The molecule has 0 bridgehead atoms. The lowest BCUT2D eigenvalue weighted by Crippen LogP contribution is -3.06. The van der Waals surface area contributed by atoms with E-state index in [4.69, 9.17) is 0 Å². The van der Waals surface area contributed by atoms with Gasteiger partial charge in [-0.1, -0.05) is 0 Å². The lowest BCUT2D eigenvalue weighted by atomic mass is 10.1. The summed E-state index contributed by atoms with van der Waals surface area (Å²) in [5, 5.41) is 0. The van der Waals surface area contributed by atoms with Crippen LogP contribution in [0.15, 0.2) is 21.7 Å². The van der Waals surface area contributed by atoms with E-state index < -0.39 is 11.2 Å². The van der Waals surface area contributed by atoms with Crippen LogP contribution in [0.2, 0.25) is 0 Å². The zero-order chi connectivity index (χ0) is 24.6. The highest BCUT2D eigenvalue weighted by atomic mass is 16.2. The molecule has 9 heteroatoms. The van der Waals surface area contributed by atoms with Crippen LogP contribution in [0.5, 0.6) is 0 Å². The Morgan fingerprint density at radius 3 is 2.15 bits per heavy atom. The van der Waals surface area contributed by atoms with Crippen molar-refractivity contribution in [1.82, 2.24) is 19.5 Å². The van der Waals surface area contributed by atoms with E-state index in [0.29, 0.717) is 12.4 Å². The minimum atomic E-state index is -0.637. The molecule has 0 spiro atoms. The van der Waals surface area contributed by atoms with Crippen molar-refractivity contribution >= 4 is 11.0 Å². The minimum absolute atomic E-state index is 0.208. The summed E-state index contributed by atoms with van der Waals surface area (Å²) in [7, 11) is 13.4. The maximum absolute atomic E-state index is 12.5. The number of quaternary nitrogens is 3. The first kappa shape index (κ1) is 25.0. The third-order valence-corrected chi connectivity index (χ3v) is 6.68. The summed E-state index contributed by atoms with van der Waals surface area (Å²) in [6.45, 7) is 9.94. The molecule has 180 valence electrons. The number of fused-ring (bicyclic) bond motifs is 2. The molecule has 33 heavy (non-hydrogen) atoms. The van der Waals surface area contributed by atoms with Crippen LogP contribution >= 0.6 is 0 Å². The highest BCUT2D eigenvalue weighted by Crippen LogP contribution is 2.24. The van der Waals surface area contributed by atoms with Crippen molar-refractivity contribution in [3.8, 4) is 11.5 Å². The first-order chi connectivity index (χ1) is 15.3. The normalized spacial score (nSPS) is 12.9. The molecule has 1 aromatic carbocycles. The Labute approximate surface area is 195 Å². The first-order valence-electron chi connectivity index (χ1n) is 11.6. The third-order valence-electron chi connectivity index (χ3n) is 6.68. The number of benzene rings is 1. The number of nitrogens with zero attached hydrogens (tertiary/aromatic N) is 5. The molecular weight excluding hydrogens is 418 g/mol. The second-order valence-electron chi connectivity index (χ2n) is 11.0. The zero-order valence-corrected chi connectivity index (χ0v) is 21.4. The topological polar surface area (TPSA) is 85.1 Å². The van der Waals surface area contributed by atoms with E-state index in [1.54, 1.807) is 0 Å². The van der Waals surface area contributed by atoms with Crippen LogP contribution in [0, 0.1) is 13.8 Å². The van der Waals surface area contributed by atoms with Crippen LogP contribution in [0.4, 0.5) is 0 Å². The van der Waals surface area contributed by atoms with Gasteiger partial charge in [0.2, 0.25) is 0 Å². The van der Waals surface area contributed by atoms with Gasteiger partial charge in [0.1, 0.15) is 26.2 Å². The molecule has 0 aliphatic carbocycles. The highest BCUT2D eigenvalue weighted by molar-refractivity contribution is 5.81. The number of rotatable bonds is 9. The molecule has 0 unspecified atom stereocenters. The van der Waals surface area contributed by atoms with E-state index in [0.717, 1.165) is 63.9 Å². The van der Waals surface area contributed by atoms with E-state index in [-0.39, 0.29) is 5.69 Å². The largest absolute Gasteiger partial charge is 0.349 e. The van der Waals surface area contributed by atoms with Gasteiger partial charge >= 0.3 is 5.69 Å². The van der Waals surface area contributed by atoms with Gasteiger partial charge in [-0.2, -0.15) is 4.98 Å². The molecule has 0 amide bonds. The van der Waals surface area contributed by atoms with Crippen LogP contribution in [0.3, 0.4) is 0 Å². The number of likely N-dealkylation sites (N-methyl/N-ethyl adjacent to an activating group) is 3. The van der Waals surface area contributed by atoms with E-state index >= 15 is 0 Å². The quantitative estimate of drug-likeness (QED) is 0.334. The molecule has 2 heterocycles. The van der Waals surface area contributed by atoms with Crippen LogP contribution in [0.25, 0.3) is 22.6 Å². The Morgan fingerprint density at radius 1 is 0.909 bits per heavy atom. The van der Waals surface area contributed by atoms with Crippen molar-refractivity contribution in [2.24, 2.45) is 0 Å². The molecule has 0 radical (unpaired) electrons. The predicted octanol–water partition coefficient (Wildman–Crippen LogP) is -0.501. The van der Waals surface area contributed by atoms with Gasteiger partial charge in [0.25, 0.3) is 5.56 Å². The first-order valence-corrected chi connectivity index (χ1v) is 11.6. The molecule has 0 atom stereocenters. The summed E-state index contributed by atoms with van der Waals surface area (Å²) in [6, 6.07) is 4.08. The van der Waals surface area contributed by atoms with Gasteiger partial charge in [0, 0.05) is 0 Å². The van der Waals surface area contributed by atoms with E-state index in [1.807, 2.05) is 17.6 Å². The summed E-state index contributed by atoms with van der Waals surface area (Å²) in [5.74, 6) is 0.351. The molecule has 2 N–H and O–H groups in total. The van der Waals surface area contributed by atoms with Gasteiger partial charge in [0.15, 0.2) is 11.5 Å². The third kappa shape index (κ3) is 6.04. The van der Waals surface area contributed by atoms with Crippen molar-refractivity contribution in [1.29, 1.82) is 0 Å². The van der Waals surface area contributed by atoms with Gasteiger partial charge < -0.3 is 18.4 Å². The Morgan fingerprint density at radius 2 is 1.52 bits per heavy atom. The Hall–Kier alpha value is -2.62. The standard InChI is InChI=1S/C24H38N7O2/c1-17-15-19-20(16-18(17)2)29(22-21(25-19)23(32)27-24(33)26-22)10-12-31(7,8)14-13-30(5,6)11-9-28(3)4/h15-16H,9-14H2,1-8H3/q+1/p+2. The summed E-state index contributed by atoms with van der Waals surface area (Å²) < 4.78 is 3.80. The zero-order valence-electron chi connectivity index (χ0n) is 21.4. The molecule has 3 rings (SSSR count). The van der Waals surface area contributed by atoms with Gasteiger partial charge in [0.05, 0.1) is 66.4 Å². The lowest BCUT2D eigenvalue weighted by molar-refractivity contribution is -0.963. The van der Waals surface area contributed by atoms with Crippen molar-refractivity contribution in [3.05, 3.63) is 44.1 Å². The number of nitrogens with one attached hydrogen (secondary N) is 2. The number of hydrogen-bond acceptors (Lipinski definition) is 4. The molecular formula is C24H40N7O2+3. The van der Waals surface area contributed by atoms with Crippen molar-refractivity contribution < 1.29 is 13.9 Å². The summed E-state index contributed by atoms with van der Waals surface area (Å²) in [5.41, 5.74) is 2.97. The second kappa shape index (κ2) is 9.32. The molecule has 0 saturated carbocycles. The van der Waals surface area contributed by atoms with Crippen LogP contribution in [-0.4, -0.2) is 103 Å². The maximum Gasteiger partial charge on any atom is 0.349 e. The van der Waals surface area contributed by atoms with Crippen LogP contribution in [-0.2, 0) is 6.54 Å². The second-order valence-corrected chi connectivity index (χ2v) is 11.0. The van der Waals surface area contributed by atoms with Crippen molar-refractivity contribution in [2.75, 3.05) is 75.0 Å². The minimum Gasteiger partial charge on any atom is -0.335 e. The van der Waals surface area contributed by atoms with E-state index in [9.17, 15) is 9.59 Å². The number of H-pyrrole nitrogens is 1. The van der Waals surface area contributed by atoms with Crippen molar-refractivity contribution in [2.45, 2.75) is 20.4 Å². The predicted molar refractivity (Wildman–Crippen MR) is 132 cm³/mol. The molecule has 9 nitrogen and oxygen atoms in total. The number of hydrogen-bond donors (Lipinski definition) is 2. The number of aryl methyl sites for hydroxylation is 2. The number of aromatic amines is 1. The van der Waals surface area contributed by atoms with Gasteiger partial charge in [-0.3, -0.25) is 9.78 Å². The highest BCUT2D eigenvalue weighted by Gasteiger charge is 2.25. The Balaban J connectivity index is 1.91. The molecule has 2 aliphatic heterocycles. The van der Waals surface area contributed by atoms with Crippen LogP contribution in [0.1, 0.15) is 11.1 Å². The van der Waals surface area contributed by atoms with E-state index in [1.165, 1.54) is 4.90 Å². The average Bonchev–Trinajstić information content (AvgIpc) is 2.70. The van der Waals surface area contributed by atoms with Crippen LogP contribution < -0.4 is 16.1 Å². The molecule has 0 fully saturated rings. The fourth-order valence-electron chi connectivity index (χ4n) is 3.94. The summed E-state index contributed by atoms with van der Waals surface area (Å²) in [6.07, 6.45) is 0. The van der Waals surface area contributed by atoms with Gasteiger partial charge in [-0.05, 0) is 37.1 Å². The Bertz CT molecular complexity index is 1220. The Kier molecular flexibility index (Phi) is 7.07. The van der Waals surface area contributed by atoms with Gasteiger partial charge in [-0.15, -0.1) is 0 Å². The van der Waals surface area contributed by atoms with Crippen molar-refractivity contribution in [3.63, 3.8) is 0 Å². The monoisotopic (exact) mass is 458 g/mol. The fraction of sp³-hybridized carbons (Fsp3) is 0.583. The molecule has 0 saturated heterocycles. The average molecular weight is 459 g/mol. The SMILES string of the molecule is Cc1cc2nc3c(=O)[nH]c(=O)nc-3n(CC[N+](C)(C)CC[N+](C)(C)CC[NH+](C)C)c2cc1C. The molecule has 1 aromatic rings. The lowest BCUT2D eigenvalue weighted by Gasteiger charge is -2.36. The number of aromatic nitrogens is 4.